The molecule has 0 aliphatic heterocycles. The Labute approximate surface area is 123 Å². The number of hydrogen-bond donors (Lipinski definition) is 2. The lowest BCUT2D eigenvalue weighted by Crippen LogP contribution is -2.00. The molecule has 3 N–H and O–H groups in total. The van der Waals surface area contributed by atoms with Crippen molar-refractivity contribution in [3.8, 4) is 5.75 Å². The lowest BCUT2D eigenvalue weighted by Gasteiger charge is -2.12. The van der Waals surface area contributed by atoms with E-state index in [1.165, 1.54) is 0 Å². The zero-order valence-electron chi connectivity index (χ0n) is 11.8. The molecule has 1 heterocycles. The van der Waals surface area contributed by atoms with E-state index in [1.54, 1.807) is 6.20 Å². The van der Waals surface area contributed by atoms with Crippen molar-refractivity contribution in [1.29, 1.82) is 0 Å². The fraction of sp³-hybridized carbons (Fsp3) is 0.118. The molecule has 0 saturated carbocycles. The Balaban J connectivity index is 1.96. The van der Waals surface area contributed by atoms with Crippen LogP contribution in [0.25, 0.3) is 10.9 Å². The van der Waals surface area contributed by atoms with E-state index in [9.17, 15) is 0 Å². The van der Waals surface area contributed by atoms with Gasteiger partial charge >= 0.3 is 0 Å². The molecule has 2 aromatic carbocycles. The van der Waals surface area contributed by atoms with Gasteiger partial charge in [0.25, 0.3) is 0 Å². The molecule has 0 atom stereocenters. The van der Waals surface area contributed by atoms with E-state index in [1.807, 2.05) is 55.6 Å². The maximum absolute atomic E-state index is 5.95. The summed E-state index contributed by atoms with van der Waals surface area (Å²) in [4.78, 5) is 4.41. The maximum Gasteiger partial charge on any atom is 0.146 e. The minimum absolute atomic E-state index is 0.515. The third-order valence-electron chi connectivity index (χ3n) is 3.38. The Hall–Kier alpha value is -2.75. The summed E-state index contributed by atoms with van der Waals surface area (Å²) in [7, 11) is 1.85. The van der Waals surface area contributed by atoms with Crippen molar-refractivity contribution in [3.05, 3.63) is 60.3 Å². The topological polar surface area (TPSA) is 60.2 Å². The quantitative estimate of drug-likeness (QED) is 0.768. The second-order valence-electron chi connectivity index (χ2n) is 4.77. The van der Waals surface area contributed by atoms with Gasteiger partial charge in [-0.1, -0.05) is 42.5 Å². The molecule has 0 spiro atoms. The van der Waals surface area contributed by atoms with Gasteiger partial charge in [0, 0.05) is 12.4 Å². The summed E-state index contributed by atoms with van der Waals surface area (Å²) in [6.07, 6.45) is 1.66. The number of para-hydroxylation sites is 1. The summed E-state index contributed by atoms with van der Waals surface area (Å²) in [5, 5.41) is 4.08. The van der Waals surface area contributed by atoms with E-state index in [0.717, 1.165) is 27.9 Å². The molecular formula is C17H17N3O. The minimum atomic E-state index is 0.515. The van der Waals surface area contributed by atoms with E-state index in [2.05, 4.69) is 10.3 Å². The molecule has 3 aromatic rings. The number of pyridine rings is 1. The van der Waals surface area contributed by atoms with Crippen LogP contribution in [-0.2, 0) is 6.61 Å². The summed E-state index contributed by atoms with van der Waals surface area (Å²) in [6.45, 7) is 0.515. The van der Waals surface area contributed by atoms with Crippen LogP contribution in [0.5, 0.6) is 5.75 Å². The van der Waals surface area contributed by atoms with Crippen LogP contribution < -0.4 is 15.8 Å². The zero-order chi connectivity index (χ0) is 14.7. The predicted molar refractivity (Wildman–Crippen MR) is 86.5 cm³/mol. The van der Waals surface area contributed by atoms with Crippen LogP contribution >= 0.6 is 0 Å². The predicted octanol–water partition coefficient (Wildman–Crippen LogP) is 3.44. The lowest BCUT2D eigenvalue weighted by atomic mass is 10.1. The Morgan fingerprint density at radius 1 is 1.10 bits per heavy atom. The van der Waals surface area contributed by atoms with E-state index >= 15 is 0 Å². The van der Waals surface area contributed by atoms with Gasteiger partial charge in [-0.05, 0) is 11.6 Å². The van der Waals surface area contributed by atoms with Crippen LogP contribution in [0, 0.1) is 0 Å². The number of anilines is 2. The third-order valence-corrected chi connectivity index (χ3v) is 3.38. The van der Waals surface area contributed by atoms with Crippen LogP contribution in [-0.4, -0.2) is 12.0 Å². The van der Waals surface area contributed by atoms with Crippen LogP contribution in [0.4, 0.5) is 11.4 Å². The number of rotatable bonds is 4. The molecule has 0 saturated heterocycles. The van der Waals surface area contributed by atoms with E-state index in [4.69, 9.17) is 10.5 Å². The second kappa shape index (κ2) is 5.71. The SMILES string of the molecule is CNc1c(N)cnc2c(OCc3ccccc3)cccc12. The highest BCUT2D eigenvalue weighted by Crippen LogP contribution is 2.32. The highest BCUT2D eigenvalue weighted by Gasteiger charge is 2.09. The van der Waals surface area contributed by atoms with Gasteiger partial charge in [-0.3, -0.25) is 4.98 Å². The molecule has 0 radical (unpaired) electrons. The summed E-state index contributed by atoms with van der Waals surface area (Å²) in [5.41, 5.74) is 9.39. The van der Waals surface area contributed by atoms with Gasteiger partial charge in [0.15, 0.2) is 0 Å². The van der Waals surface area contributed by atoms with Gasteiger partial charge in [-0.15, -0.1) is 0 Å². The monoisotopic (exact) mass is 279 g/mol. The minimum Gasteiger partial charge on any atom is -0.487 e. The molecular weight excluding hydrogens is 262 g/mol. The highest BCUT2D eigenvalue weighted by atomic mass is 16.5. The van der Waals surface area contributed by atoms with Gasteiger partial charge in [0.1, 0.15) is 17.9 Å². The highest BCUT2D eigenvalue weighted by molar-refractivity contribution is 5.99. The number of hydrogen-bond acceptors (Lipinski definition) is 4. The van der Waals surface area contributed by atoms with Gasteiger partial charge in [-0.25, -0.2) is 0 Å². The van der Waals surface area contributed by atoms with E-state index < -0.39 is 0 Å². The summed E-state index contributed by atoms with van der Waals surface area (Å²) in [6, 6.07) is 15.9. The Bertz CT molecular complexity index is 757. The van der Waals surface area contributed by atoms with Crippen molar-refractivity contribution in [2.75, 3.05) is 18.1 Å². The maximum atomic E-state index is 5.95. The molecule has 0 amide bonds. The number of ether oxygens (including phenoxy) is 1. The number of nitrogens with two attached hydrogens (primary N) is 1. The number of nitrogens with zero attached hydrogens (tertiary/aromatic N) is 1. The van der Waals surface area contributed by atoms with Gasteiger partial charge < -0.3 is 15.8 Å². The smallest absolute Gasteiger partial charge is 0.146 e. The molecule has 4 heteroatoms. The van der Waals surface area contributed by atoms with Crippen LogP contribution in [0.15, 0.2) is 54.7 Å². The molecule has 4 nitrogen and oxygen atoms in total. The molecule has 0 bridgehead atoms. The molecule has 0 aliphatic rings. The first-order valence-electron chi connectivity index (χ1n) is 6.81. The third kappa shape index (κ3) is 2.60. The van der Waals surface area contributed by atoms with Crippen molar-refractivity contribution in [2.45, 2.75) is 6.61 Å². The van der Waals surface area contributed by atoms with Gasteiger partial charge in [-0.2, -0.15) is 0 Å². The molecule has 106 valence electrons. The average molecular weight is 279 g/mol. The van der Waals surface area contributed by atoms with Crippen LogP contribution in [0.1, 0.15) is 5.56 Å². The van der Waals surface area contributed by atoms with Crippen molar-refractivity contribution in [1.82, 2.24) is 4.98 Å². The molecule has 0 aliphatic carbocycles. The first kappa shape index (κ1) is 13.2. The van der Waals surface area contributed by atoms with Crippen LogP contribution in [0.2, 0.25) is 0 Å². The summed E-state index contributed by atoms with van der Waals surface area (Å²) in [5.74, 6) is 0.757. The molecule has 3 rings (SSSR count). The normalized spacial score (nSPS) is 10.5. The summed E-state index contributed by atoms with van der Waals surface area (Å²) < 4.78 is 5.91. The number of nitrogens with one attached hydrogen (secondary N) is 1. The number of benzene rings is 2. The van der Waals surface area contributed by atoms with Gasteiger partial charge in [0.2, 0.25) is 0 Å². The van der Waals surface area contributed by atoms with E-state index in [-0.39, 0.29) is 0 Å². The molecule has 21 heavy (non-hydrogen) atoms. The Kier molecular flexibility index (Phi) is 3.60. The number of nitrogen functional groups attached to an aromatic ring is 1. The molecule has 1 aromatic heterocycles. The van der Waals surface area contributed by atoms with Crippen LogP contribution in [0.3, 0.4) is 0 Å². The Morgan fingerprint density at radius 3 is 2.67 bits per heavy atom. The van der Waals surface area contributed by atoms with Crippen molar-refractivity contribution >= 4 is 22.3 Å². The number of aromatic nitrogens is 1. The molecule has 0 fully saturated rings. The number of fused-ring (bicyclic) bond motifs is 1. The average Bonchev–Trinajstić information content (AvgIpc) is 2.53. The largest absolute Gasteiger partial charge is 0.487 e. The van der Waals surface area contributed by atoms with Crippen molar-refractivity contribution < 1.29 is 4.74 Å². The first-order chi connectivity index (χ1) is 10.3. The standard InChI is InChI=1S/C17H17N3O/c1-19-16-13-8-5-9-15(17(13)20-10-14(16)18)21-11-12-6-3-2-4-7-12/h2-10H,11,18H2,1H3,(H,19,20). The fourth-order valence-electron chi connectivity index (χ4n) is 2.34. The summed E-state index contributed by atoms with van der Waals surface area (Å²) >= 11 is 0. The molecule has 0 unspecified atom stereocenters. The second-order valence-corrected chi connectivity index (χ2v) is 4.77. The first-order valence-corrected chi connectivity index (χ1v) is 6.81. The van der Waals surface area contributed by atoms with Crippen molar-refractivity contribution in [3.63, 3.8) is 0 Å². The van der Waals surface area contributed by atoms with E-state index in [0.29, 0.717) is 12.3 Å². The van der Waals surface area contributed by atoms with Crippen molar-refractivity contribution in [2.24, 2.45) is 0 Å². The van der Waals surface area contributed by atoms with Gasteiger partial charge in [0.05, 0.1) is 17.6 Å². The zero-order valence-corrected chi connectivity index (χ0v) is 11.8. The lowest BCUT2D eigenvalue weighted by molar-refractivity contribution is 0.309. The fourth-order valence-corrected chi connectivity index (χ4v) is 2.34. The Morgan fingerprint density at radius 2 is 1.90 bits per heavy atom.